The number of anilines is 1. The van der Waals surface area contributed by atoms with Crippen molar-refractivity contribution >= 4 is 29.0 Å². The first-order valence-electron chi connectivity index (χ1n) is 7.26. The fourth-order valence-corrected chi connectivity index (χ4v) is 3.15. The molecule has 0 spiro atoms. The summed E-state index contributed by atoms with van der Waals surface area (Å²) in [6.07, 6.45) is 4.59. The molecular weight excluding hydrogens is 305 g/mol. The topological polar surface area (TPSA) is 51.8 Å². The van der Waals surface area contributed by atoms with Crippen LogP contribution in [-0.2, 0) is 0 Å². The normalized spacial score (nSPS) is 18.0. The van der Waals surface area contributed by atoms with E-state index in [9.17, 15) is 0 Å². The molecule has 2 aliphatic rings. The highest BCUT2D eigenvalue weighted by atomic mass is 35.5. The Hall–Kier alpha value is -1.32. The van der Waals surface area contributed by atoms with E-state index in [-0.39, 0.29) is 0 Å². The first-order chi connectivity index (χ1) is 10.1. The van der Waals surface area contributed by atoms with Crippen molar-refractivity contribution in [2.45, 2.75) is 37.5 Å². The summed E-state index contributed by atoms with van der Waals surface area (Å²) >= 11 is 12.4. The second-order valence-electron chi connectivity index (χ2n) is 5.90. The minimum Gasteiger partial charge on any atom is -0.382 e. The van der Waals surface area contributed by atoms with Crippen molar-refractivity contribution in [3.8, 4) is 11.3 Å². The van der Waals surface area contributed by atoms with E-state index in [1.54, 1.807) is 6.07 Å². The molecule has 1 aromatic carbocycles. The molecular formula is C16H15Cl2N3. The van der Waals surface area contributed by atoms with Gasteiger partial charge in [-0.15, -0.1) is 0 Å². The van der Waals surface area contributed by atoms with Crippen molar-refractivity contribution in [3.05, 3.63) is 39.6 Å². The maximum Gasteiger partial charge on any atom is 0.145 e. The third-order valence-electron chi connectivity index (χ3n) is 4.09. The number of nitrogen functional groups attached to an aromatic ring is 1. The van der Waals surface area contributed by atoms with E-state index in [2.05, 4.69) is 4.98 Å². The maximum absolute atomic E-state index is 6.36. The number of hydrogen-bond donors (Lipinski definition) is 1. The van der Waals surface area contributed by atoms with E-state index < -0.39 is 0 Å². The van der Waals surface area contributed by atoms with E-state index in [4.69, 9.17) is 33.9 Å². The number of halogens is 2. The van der Waals surface area contributed by atoms with Gasteiger partial charge in [0.15, 0.2) is 0 Å². The summed E-state index contributed by atoms with van der Waals surface area (Å²) in [6, 6.07) is 5.52. The van der Waals surface area contributed by atoms with Gasteiger partial charge in [-0.3, -0.25) is 0 Å². The largest absolute Gasteiger partial charge is 0.382 e. The number of aromatic nitrogens is 2. The molecule has 0 radical (unpaired) electrons. The molecule has 2 aliphatic carbocycles. The zero-order valence-electron chi connectivity index (χ0n) is 11.4. The maximum atomic E-state index is 6.36. The molecule has 0 amide bonds. The summed E-state index contributed by atoms with van der Waals surface area (Å²) in [7, 11) is 0. The van der Waals surface area contributed by atoms with Crippen molar-refractivity contribution in [1.82, 2.24) is 9.97 Å². The van der Waals surface area contributed by atoms with Gasteiger partial charge in [0, 0.05) is 22.4 Å². The quantitative estimate of drug-likeness (QED) is 0.885. The average molecular weight is 320 g/mol. The van der Waals surface area contributed by atoms with Gasteiger partial charge in [-0.25, -0.2) is 9.97 Å². The van der Waals surface area contributed by atoms with Crippen LogP contribution < -0.4 is 5.73 Å². The number of benzene rings is 1. The second kappa shape index (κ2) is 4.85. The Balaban J connectivity index is 1.90. The fraction of sp³-hybridized carbons (Fsp3) is 0.375. The van der Waals surface area contributed by atoms with Crippen LogP contribution in [0.15, 0.2) is 18.2 Å². The lowest BCUT2D eigenvalue weighted by atomic mass is 10.1. The highest BCUT2D eigenvalue weighted by molar-refractivity contribution is 6.36. The Kier molecular flexibility index (Phi) is 3.09. The van der Waals surface area contributed by atoms with Gasteiger partial charge in [-0.1, -0.05) is 23.2 Å². The molecule has 4 rings (SSSR count). The minimum absolute atomic E-state index is 0.467. The van der Waals surface area contributed by atoms with E-state index >= 15 is 0 Å². The van der Waals surface area contributed by atoms with E-state index in [1.165, 1.54) is 0 Å². The summed E-state index contributed by atoms with van der Waals surface area (Å²) in [5, 5.41) is 1.24. The van der Waals surface area contributed by atoms with Crippen LogP contribution in [0.3, 0.4) is 0 Å². The molecule has 0 aliphatic heterocycles. The Bertz CT molecular complexity index is 722. The zero-order chi connectivity index (χ0) is 14.6. The van der Waals surface area contributed by atoms with E-state index in [1.807, 2.05) is 12.1 Å². The molecule has 5 heteroatoms. The summed E-state index contributed by atoms with van der Waals surface area (Å²) < 4.78 is 0. The van der Waals surface area contributed by atoms with Gasteiger partial charge in [-0.2, -0.15) is 0 Å². The highest BCUT2D eigenvalue weighted by Crippen LogP contribution is 2.47. The summed E-state index contributed by atoms with van der Waals surface area (Å²) in [5.74, 6) is 1.53. The molecule has 0 atom stereocenters. The Morgan fingerprint density at radius 1 is 0.952 bits per heavy atom. The van der Waals surface area contributed by atoms with Gasteiger partial charge in [0.25, 0.3) is 0 Å². The van der Waals surface area contributed by atoms with Crippen LogP contribution in [0, 0.1) is 0 Å². The second-order valence-corrected chi connectivity index (χ2v) is 6.74. The van der Waals surface area contributed by atoms with Crippen LogP contribution in [-0.4, -0.2) is 9.97 Å². The summed E-state index contributed by atoms with van der Waals surface area (Å²) in [6.45, 7) is 0. The van der Waals surface area contributed by atoms with E-state index in [0.717, 1.165) is 48.3 Å². The Labute approximate surface area is 133 Å². The zero-order valence-corrected chi connectivity index (χ0v) is 13.0. The first kappa shape index (κ1) is 13.4. The van der Waals surface area contributed by atoms with Gasteiger partial charge >= 0.3 is 0 Å². The lowest BCUT2D eigenvalue weighted by Gasteiger charge is -2.13. The van der Waals surface area contributed by atoms with Gasteiger partial charge in [0.2, 0.25) is 0 Å². The van der Waals surface area contributed by atoms with Crippen molar-refractivity contribution < 1.29 is 0 Å². The predicted molar refractivity (Wildman–Crippen MR) is 85.9 cm³/mol. The summed E-state index contributed by atoms with van der Waals surface area (Å²) in [5.41, 5.74) is 9.81. The summed E-state index contributed by atoms with van der Waals surface area (Å²) in [4.78, 5) is 9.50. The third-order valence-corrected chi connectivity index (χ3v) is 4.64. The predicted octanol–water partition coefficient (Wildman–Crippen LogP) is 4.79. The molecule has 3 nitrogen and oxygen atoms in total. The van der Waals surface area contributed by atoms with Gasteiger partial charge in [0.05, 0.1) is 22.1 Å². The molecule has 2 aromatic rings. The van der Waals surface area contributed by atoms with Crippen LogP contribution in [0.2, 0.25) is 10.0 Å². The molecule has 2 N–H and O–H groups in total. The van der Waals surface area contributed by atoms with Gasteiger partial charge in [-0.05, 0) is 43.9 Å². The molecule has 0 bridgehead atoms. The molecule has 2 fully saturated rings. The SMILES string of the molecule is Nc1nc(C2CC2)c(-c2ccc(Cl)cc2Cl)nc1C1CC1. The van der Waals surface area contributed by atoms with Gasteiger partial charge in [0.1, 0.15) is 5.82 Å². The van der Waals surface area contributed by atoms with Crippen LogP contribution in [0.5, 0.6) is 0 Å². The minimum atomic E-state index is 0.467. The van der Waals surface area contributed by atoms with Crippen LogP contribution >= 0.6 is 23.2 Å². The highest BCUT2D eigenvalue weighted by Gasteiger charge is 2.34. The number of rotatable bonds is 3. The lowest BCUT2D eigenvalue weighted by Crippen LogP contribution is -2.06. The van der Waals surface area contributed by atoms with Gasteiger partial charge < -0.3 is 5.73 Å². The lowest BCUT2D eigenvalue weighted by molar-refractivity contribution is 0.939. The molecule has 1 aromatic heterocycles. The molecule has 108 valence electrons. The average Bonchev–Trinajstić information content (AvgIpc) is 3.32. The van der Waals surface area contributed by atoms with Crippen molar-refractivity contribution in [3.63, 3.8) is 0 Å². The van der Waals surface area contributed by atoms with Crippen LogP contribution in [0.4, 0.5) is 5.82 Å². The smallest absolute Gasteiger partial charge is 0.145 e. The molecule has 21 heavy (non-hydrogen) atoms. The van der Waals surface area contributed by atoms with Crippen molar-refractivity contribution in [2.24, 2.45) is 0 Å². The molecule has 1 heterocycles. The molecule has 0 saturated heterocycles. The molecule has 2 saturated carbocycles. The standard InChI is InChI=1S/C16H15Cl2N3/c17-10-5-6-11(12(18)7-10)15-13(8-1-2-8)21-16(19)14(20-15)9-3-4-9/h5-9H,1-4H2,(H2,19,21). The van der Waals surface area contributed by atoms with Crippen molar-refractivity contribution in [1.29, 1.82) is 0 Å². The third kappa shape index (κ3) is 2.49. The van der Waals surface area contributed by atoms with Crippen LogP contribution in [0.1, 0.15) is 48.9 Å². The van der Waals surface area contributed by atoms with Crippen molar-refractivity contribution in [2.75, 3.05) is 5.73 Å². The monoisotopic (exact) mass is 319 g/mol. The number of nitrogens with two attached hydrogens (primary N) is 1. The van der Waals surface area contributed by atoms with Crippen LogP contribution in [0.25, 0.3) is 11.3 Å². The first-order valence-corrected chi connectivity index (χ1v) is 8.02. The number of nitrogens with zero attached hydrogens (tertiary/aromatic N) is 2. The van der Waals surface area contributed by atoms with E-state index in [0.29, 0.717) is 27.7 Å². The Morgan fingerprint density at radius 3 is 2.24 bits per heavy atom. The molecule has 0 unspecified atom stereocenters. The fourth-order valence-electron chi connectivity index (χ4n) is 2.65. The Morgan fingerprint density at radius 2 is 1.62 bits per heavy atom. The number of hydrogen-bond acceptors (Lipinski definition) is 3.